The maximum absolute atomic E-state index is 8.78. The number of hydrogen-bond acceptors (Lipinski definition) is 2. The molecule has 0 aliphatic heterocycles. The quantitative estimate of drug-likeness (QED) is 0.765. The lowest BCUT2D eigenvalue weighted by molar-refractivity contribution is 0.683. The van der Waals surface area contributed by atoms with Gasteiger partial charge in [-0.2, -0.15) is 10.4 Å². The number of rotatable bonds is 2. The molecule has 3 nitrogen and oxygen atoms in total. The molecule has 0 aliphatic rings. The summed E-state index contributed by atoms with van der Waals surface area (Å²) in [5, 5.41) is 13.0. The summed E-state index contributed by atoms with van der Waals surface area (Å²) in [6, 6.07) is 7.89. The third-order valence-corrected chi connectivity index (χ3v) is 2.57. The van der Waals surface area contributed by atoms with Crippen LogP contribution in [0.2, 0.25) is 0 Å². The zero-order chi connectivity index (χ0) is 11.5. The van der Waals surface area contributed by atoms with Crippen LogP contribution in [0.5, 0.6) is 0 Å². The van der Waals surface area contributed by atoms with Gasteiger partial charge in [0.05, 0.1) is 24.4 Å². The molecule has 0 atom stereocenters. The van der Waals surface area contributed by atoms with Gasteiger partial charge in [-0.05, 0) is 42.7 Å². The van der Waals surface area contributed by atoms with Crippen molar-refractivity contribution in [3.8, 4) is 6.07 Å². The summed E-state index contributed by atoms with van der Waals surface area (Å²) in [5.74, 6) is 0. The summed E-state index contributed by atoms with van der Waals surface area (Å²) in [7, 11) is 0. The minimum Gasteiger partial charge on any atom is -0.268 e. The summed E-state index contributed by atoms with van der Waals surface area (Å²) in [6.07, 6.45) is 3.86. The summed E-state index contributed by atoms with van der Waals surface area (Å²) in [4.78, 5) is 0. The first-order chi connectivity index (χ1) is 7.69. The molecule has 0 radical (unpaired) electrons. The Hall–Kier alpha value is -2.08. The van der Waals surface area contributed by atoms with E-state index in [0.717, 1.165) is 17.7 Å². The Labute approximate surface area is 94.9 Å². The number of aryl methyl sites for hydroxylation is 2. The molecule has 1 aromatic carbocycles. The fraction of sp³-hybridized carbons (Fsp3) is 0.231. The van der Waals surface area contributed by atoms with Gasteiger partial charge in [0.2, 0.25) is 0 Å². The molecular weight excluding hydrogens is 198 g/mol. The molecule has 0 unspecified atom stereocenters. The minimum atomic E-state index is 0.706. The maximum Gasteiger partial charge on any atom is 0.0991 e. The minimum absolute atomic E-state index is 0.706. The third kappa shape index (κ3) is 2.12. The molecule has 0 fully saturated rings. The molecule has 0 N–H and O–H groups in total. The van der Waals surface area contributed by atoms with Gasteiger partial charge >= 0.3 is 0 Å². The molecular formula is C13H13N3. The van der Waals surface area contributed by atoms with E-state index >= 15 is 0 Å². The SMILES string of the molecule is Cc1cnn(Cc2ccc(C#N)cc2C)c1. The van der Waals surface area contributed by atoms with Crippen molar-refractivity contribution < 1.29 is 0 Å². The van der Waals surface area contributed by atoms with E-state index in [-0.39, 0.29) is 0 Å². The van der Waals surface area contributed by atoms with Crippen molar-refractivity contribution in [2.75, 3.05) is 0 Å². The molecule has 1 aromatic heterocycles. The lowest BCUT2D eigenvalue weighted by Crippen LogP contribution is -2.01. The summed E-state index contributed by atoms with van der Waals surface area (Å²) in [6.45, 7) is 4.80. The predicted molar refractivity (Wildman–Crippen MR) is 62.0 cm³/mol. The number of hydrogen-bond donors (Lipinski definition) is 0. The van der Waals surface area contributed by atoms with E-state index in [1.54, 1.807) is 0 Å². The Morgan fingerprint density at radius 1 is 1.38 bits per heavy atom. The van der Waals surface area contributed by atoms with Crippen molar-refractivity contribution >= 4 is 0 Å². The standard InChI is InChI=1S/C13H13N3/c1-10-7-15-16(8-10)9-13-4-3-12(6-14)5-11(13)2/h3-5,7-8H,9H2,1-2H3. The van der Waals surface area contributed by atoms with Crippen LogP contribution in [0.15, 0.2) is 30.6 Å². The van der Waals surface area contributed by atoms with Gasteiger partial charge in [-0.3, -0.25) is 4.68 Å². The smallest absolute Gasteiger partial charge is 0.0991 e. The van der Waals surface area contributed by atoms with Gasteiger partial charge in [-0.1, -0.05) is 6.07 Å². The molecule has 0 amide bonds. The zero-order valence-corrected chi connectivity index (χ0v) is 9.44. The van der Waals surface area contributed by atoms with Crippen LogP contribution in [-0.4, -0.2) is 9.78 Å². The second-order valence-corrected chi connectivity index (χ2v) is 3.97. The van der Waals surface area contributed by atoms with Crippen LogP contribution >= 0.6 is 0 Å². The molecule has 0 spiro atoms. The number of nitrogens with zero attached hydrogens (tertiary/aromatic N) is 3. The molecule has 2 rings (SSSR count). The summed E-state index contributed by atoms with van der Waals surface area (Å²) < 4.78 is 1.91. The fourth-order valence-electron chi connectivity index (χ4n) is 1.67. The largest absolute Gasteiger partial charge is 0.268 e. The normalized spacial score (nSPS) is 10.1. The second kappa shape index (κ2) is 4.19. The van der Waals surface area contributed by atoms with Gasteiger partial charge in [0, 0.05) is 6.20 Å². The van der Waals surface area contributed by atoms with Crippen molar-refractivity contribution in [1.29, 1.82) is 5.26 Å². The van der Waals surface area contributed by atoms with Crippen LogP contribution in [0, 0.1) is 25.2 Å². The van der Waals surface area contributed by atoms with E-state index < -0.39 is 0 Å². The van der Waals surface area contributed by atoms with Gasteiger partial charge in [-0.25, -0.2) is 0 Å². The highest BCUT2D eigenvalue weighted by atomic mass is 15.3. The second-order valence-electron chi connectivity index (χ2n) is 3.97. The average molecular weight is 211 g/mol. The number of benzene rings is 1. The van der Waals surface area contributed by atoms with Crippen molar-refractivity contribution in [2.24, 2.45) is 0 Å². The van der Waals surface area contributed by atoms with Crippen LogP contribution in [0.1, 0.15) is 22.3 Å². The Bertz CT molecular complexity index is 547. The average Bonchev–Trinajstić information content (AvgIpc) is 2.67. The summed E-state index contributed by atoms with van der Waals surface area (Å²) in [5.41, 5.74) is 4.19. The first kappa shape index (κ1) is 10.4. The molecule has 0 bridgehead atoms. The fourth-order valence-corrected chi connectivity index (χ4v) is 1.67. The Morgan fingerprint density at radius 2 is 2.19 bits per heavy atom. The van der Waals surface area contributed by atoms with Crippen LogP contribution in [0.4, 0.5) is 0 Å². The maximum atomic E-state index is 8.78. The van der Waals surface area contributed by atoms with Gasteiger partial charge in [0.1, 0.15) is 0 Å². The Morgan fingerprint density at radius 3 is 2.75 bits per heavy atom. The van der Waals surface area contributed by atoms with E-state index in [1.165, 1.54) is 5.56 Å². The molecule has 2 aromatic rings. The molecule has 1 heterocycles. The van der Waals surface area contributed by atoms with Crippen molar-refractivity contribution in [3.05, 3.63) is 52.8 Å². The van der Waals surface area contributed by atoms with E-state index in [0.29, 0.717) is 5.56 Å². The Kier molecular flexibility index (Phi) is 2.74. The molecule has 3 heteroatoms. The van der Waals surface area contributed by atoms with Crippen LogP contribution in [0.3, 0.4) is 0 Å². The molecule has 0 saturated heterocycles. The highest BCUT2D eigenvalue weighted by molar-refractivity contribution is 5.37. The van der Waals surface area contributed by atoms with Gasteiger partial charge in [0.15, 0.2) is 0 Å². The van der Waals surface area contributed by atoms with Crippen molar-refractivity contribution in [2.45, 2.75) is 20.4 Å². The van der Waals surface area contributed by atoms with Gasteiger partial charge < -0.3 is 0 Å². The molecule has 16 heavy (non-hydrogen) atoms. The lowest BCUT2D eigenvalue weighted by atomic mass is 10.1. The first-order valence-corrected chi connectivity index (χ1v) is 5.18. The van der Waals surface area contributed by atoms with Crippen molar-refractivity contribution in [3.63, 3.8) is 0 Å². The monoisotopic (exact) mass is 211 g/mol. The number of nitriles is 1. The van der Waals surface area contributed by atoms with E-state index in [1.807, 2.05) is 49.1 Å². The molecule has 0 aliphatic carbocycles. The topological polar surface area (TPSA) is 41.6 Å². The highest BCUT2D eigenvalue weighted by Crippen LogP contribution is 2.12. The molecule has 0 saturated carbocycles. The van der Waals surface area contributed by atoms with E-state index in [9.17, 15) is 0 Å². The van der Waals surface area contributed by atoms with Gasteiger partial charge in [0.25, 0.3) is 0 Å². The number of aromatic nitrogens is 2. The first-order valence-electron chi connectivity index (χ1n) is 5.18. The van der Waals surface area contributed by atoms with Crippen molar-refractivity contribution in [1.82, 2.24) is 9.78 Å². The van der Waals surface area contributed by atoms with E-state index in [2.05, 4.69) is 11.2 Å². The summed E-state index contributed by atoms with van der Waals surface area (Å²) >= 11 is 0. The third-order valence-electron chi connectivity index (χ3n) is 2.57. The molecule has 80 valence electrons. The van der Waals surface area contributed by atoms with Crippen LogP contribution in [-0.2, 0) is 6.54 Å². The highest BCUT2D eigenvalue weighted by Gasteiger charge is 2.01. The van der Waals surface area contributed by atoms with E-state index in [4.69, 9.17) is 5.26 Å². The van der Waals surface area contributed by atoms with Gasteiger partial charge in [-0.15, -0.1) is 0 Å². The van der Waals surface area contributed by atoms with Crippen LogP contribution < -0.4 is 0 Å². The Balaban J connectivity index is 2.26. The zero-order valence-electron chi connectivity index (χ0n) is 9.44. The van der Waals surface area contributed by atoms with Crippen LogP contribution in [0.25, 0.3) is 0 Å². The lowest BCUT2D eigenvalue weighted by Gasteiger charge is -2.06. The predicted octanol–water partition coefficient (Wildman–Crippen LogP) is 2.42.